The van der Waals surface area contributed by atoms with Crippen molar-refractivity contribution in [2.24, 2.45) is 5.92 Å². The molecule has 0 atom stereocenters. The number of likely N-dealkylation sites (tertiary alicyclic amines) is 1. The van der Waals surface area contributed by atoms with Gasteiger partial charge < -0.3 is 10.2 Å². The summed E-state index contributed by atoms with van der Waals surface area (Å²) in [6, 6.07) is 27.3. The maximum atomic E-state index is 4.59. The van der Waals surface area contributed by atoms with Crippen molar-refractivity contribution in [1.82, 2.24) is 20.1 Å². The molecule has 0 aliphatic carbocycles. The predicted octanol–water partition coefficient (Wildman–Crippen LogP) is 5.57. The van der Waals surface area contributed by atoms with Crippen molar-refractivity contribution in [3.8, 4) is 22.4 Å². The van der Waals surface area contributed by atoms with E-state index in [-0.39, 0.29) is 0 Å². The Balaban J connectivity index is 1.18. The van der Waals surface area contributed by atoms with Crippen LogP contribution in [0.2, 0.25) is 0 Å². The first kappa shape index (κ1) is 22.2. The zero-order valence-corrected chi connectivity index (χ0v) is 19.5. The van der Waals surface area contributed by atoms with Crippen molar-refractivity contribution >= 4 is 5.82 Å². The van der Waals surface area contributed by atoms with Gasteiger partial charge in [0.25, 0.3) is 0 Å². The molecule has 5 rings (SSSR count). The van der Waals surface area contributed by atoms with E-state index in [1.807, 2.05) is 42.7 Å². The number of benzene rings is 2. The van der Waals surface area contributed by atoms with E-state index in [1.165, 1.54) is 37.9 Å². The Morgan fingerprint density at radius 1 is 0.794 bits per heavy atom. The van der Waals surface area contributed by atoms with E-state index >= 15 is 0 Å². The fourth-order valence-corrected chi connectivity index (χ4v) is 4.74. The molecule has 1 fully saturated rings. The highest BCUT2D eigenvalue weighted by Crippen LogP contribution is 2.31. The first-order chi connectivity index (χ1) is 16.8. The molecule has 2 aromatic carbocycles. The molecule has 0 saturated carbocycles. The van der Waals surface area contributed by atoms with E-state index in [4.69, 9.17) is 0 Å². The maximum absolute atomic E-state index is 4.59. The topological polar surface area (TPSA) is 53.9 Å². The molecule has 3 heterocycles. The van der Waals surface area contributed by atoms with Gasteiger partial charge in [0.1, 0.15) is 11.5 Å². The largest absolute Gasteiger partial charge is 0.367 e. The number of nitrogens with one attached hydrogen (secondary N) is 1. The van der Waals surface area contributed by atoms with Crippen molar-refractivity contribution in [3.05, 3.63) is 96.8 Å². The molecule has 0 unspecified atom stereocenters. The molecule has 0 amide bonds. The highest BCUT2D eigenvalue weighted by molar-refractivity contribution is 5.81. The Hall–Kier alpha value is -3.57. The second kappa shape index (κ2) is 11.0. The smallest absolute Gasteiger partial charge is 0.149 e. The SMILES string of the molecule is c1ccc(CC2CCN(CCNc3cc(-c4ccncc4)c(-c4ccccc4)nn3)CC2)cc1. The van der Waals surface area contributed by atoms with E-state index in [1.54, 1.807) is 0 Å². The number of rotatable bonds is 8. The Bertz CT molecular complexity index is 1160. The summed E-state index contributed by atoms with van der Waals surface area (Å²) < 4.78 is 0. The molecule has 1 aliphatic rings. The Morgan fingerprint density at radius 2 is 1.50 bits per heavy atom. The zero-order valence-electron chi connectivity index (χ0n) is 19.5. The highest BCUT2D eigenvalue weighted by atomic mass is 15.2. The number of pyridine rings is 1. The molecule has 172 valence electrons. The van der Waals surface area contributed by atoms with Gasteiger partial charge >= 0.3 is 0 Å². The zero-order chi connectivity index (χ0) is 23.0. The predicted molar refractivity (Wildman–Crippen MR) is 138 cm³/mol. The van der Waals surface area contributed by atoms with Crippen LogP contribution in [-0.4, -0.2) is 46.3 Å². The van der Waals surface area contributed by atoms with Gasteiger partial charge in [-0.15, -0.1) is 10.2 Å². The average molecular weight is 450 g/mol. The standard InChI is InChI=1S/C29H31N5/c1-3-7-23(8-4-1)21-24-13-18-34(19-14-24)20-17-31-28-22-27(25-11-15-30-16-12-25)29(33-32-28)26-9-5-2-6-10-26/h1-12,15-16,22,24H,13-14,17-21H2,(H,31,32). The number of anilines is 1. The molecule has 4 aromatic rings. The summed E-state index contributed by atoms with van der Waals surface area (Å²) in [4.78, 5) is 6.73. The van der Waals surface area contributed by atoms with Gasteiger partial charge in [0.2, 0.25) is 0 Å². The number of hydrogen-bond acceptors (Lipinski definition) is 5. The lowest BCUT2D eigenvalue weighted by molar-refractivity contribution is 0.190. The second-order valence-corrected chi connectivity index (χ2v) is 9.00. The van der Waals surface area contributed by atoms with Crippen molar-refractivity contribution in [2.45, 2.75) is 19.3 Å². The molecule has 5 nitrogen and oxygen atoms in total. The monoisotopic (exact) mass is 449 g/mol. The molecule has 1 aliphatic heterocycles. The third-order valence-corrected chi connectivity index (χ3v) is 6.64. The van der Waals surface area contributed by atoms with Crippen LogP contribution in [0.5, 0.6) is 0 Å². The number of nitrogens with zero attached hydrogens (tertiary/aromatic N) is 4. The Kier molecular flexibility index (Phi) is 7.22. The Labute approximate surface area is 201 Å². The summed E-state index contributed by atoms with van der Waals surface area (Å²) in [5.41, 5.74) is 5.56. The minimum absolute atomic E-state index is 0.797. The van der Waals surface area contributed by atoms with Gasteiger partial charge in [-0.2, -0.15) is 0 Å². The Morgan fingerprint density at radius 3 is 2.24 bits per heavy atom. The van der Waals surface area contributed by atoms with Gasteiger partial charge in [-0.25, -0.2) is 0 Å². The van der Waals surface area contributed by atoms with Gasteiger partial charge in [0, 0.05) is 36.6 Å². The fraction of sp³-hybridized carbons (Fsp3) is 0.276. The van der Waals surface area contributed by atoms with Gasteiger partial charge in [-0.05, 0) is 67.6 Å². The molecular weight excluding hydrogens is 418 g/mol. The molecule has 0 bridgehead atoms. The van der Waals surface area contributed by atoms with E-state index in [9.17, 15) is 0 Å². The lowest BCUT2D eigenvalue weighted by atomic mass is 9.90. The van der Waals surface area contributed by atoms with E-state index < -0.39 is 0 Å². The number of hydrogen-bond donors (Lipinski definition) is 1. The molecule has 1 N–H and O–H groups in total. The summed E-state index contributed by atoms with van der Waals surface area (Å²) in [7, 11) is 0. The van der Waals surface area contributed by atoms with Crippen LogP contribution in [0.1, 0.15) is 18.4 Å². The van der Waals surface area contributed by atoms with Crippen molar-refractivity contribution < 1.29 is 0 Å². The van der Waals surface area contributed by atoms with Gasteiger partial charge in [-0.3, -0.25) is 4.98 Å². The maximum Gasteiger partial charge on any atom is 0.149 e. The lowest BCUT2D eigenvalue weighted by Crippen LogP contribution is -2.37. The summed E-state index contributed by atoms with van der Waals surface area (Å²) in [5.74, 6) is 1.61. The van der Waals surface area contributed by atoms with Crippen LogP contribution in [0.15, 0.2) is 91.3 Å². The van der Waals surface area contributed by atoms with Gasteiger partial charge in [0.15, 0.2) is 0 Å². The summed E-state index contributed by atoms with van der Waals surface area (Å²) in [5, 5.41) is 12.6. The van der Waals surface area contributed by atoms with E-state index in [0.29, 0.717) is 0 Å². The molecular formula is C29H31N5. The van der Waals surface area contributed by atoms with E-state index in [2.05, 4.69) is 73.9 Å². The normalized spacial score (nSPS) is 14.7. The molecule has 1 saturated heterocycles. The summed E-state index contributed by atoms with van der Waals surface area (Å²) >= 11 is 0. The second-order valence-electron chi connectivity index (χ2n) is 9.00. The molecule has 5 heteroatoms. The van der Waals surface area contributed by atoms with Crippen LogP contribution in [0.3, 0.4) is 0 Å². The molecule has 0 radical (unpaired) electrons. The van der Waals surface area contributed by atoms with Crippen molar-refractivity contribution in [2.75, 3.05) is 31.5 Å². The first-order valence-electron chi connectivity index (χ1n) is 12.2. The third-order valence-electron chi connectivity index (χ3n) is 6.64. The fourth-order valence-electron chi connectivity index (χ4n) is 4.74. The summed E-state index contributed by atoms with van der Waals surface area (Å²) in [6.07, 6.45) is 7.38. The van der Waals surface area contributed by atoms with Crippen LogP contribution >= 0.6 is 0 Å². The molecule has 0 spiro atoms. The van der Waals surface area contributed by atoms with Crippen LogP contribution in [0.4, 0.5) is 5.82 Å². The molecule has 34 heavy (non-hydrogen) atoms. The first-order valence-corrected chi connectivity index (χ1v) is 12.2. The van der Waals surface area contributed by atoms with Gasteiger partial charge in [0.05, 0.1) is 0 Å². The van der Waals surface area contributed by atoms with Gasteiger partial charge in [-0.1, -0.05) is 60.7 Å². The number of piperidine rings is 1. The number of aromatic nitrogens is 3. The van der Waals surface area contributed by atoms with Crippen molar-refractivity contribution in [1.29, 1.82) is 0 Å². The molecule has 2 aromatic heterocycles. The highest BCUT2D eigenvalue weighted by Gasteiger charge is 2.19. The minimum Gasteiger partial charge on any atom is -0.367 e. The third kappa shape index (κ3) is 5.67. The van der Waals surface area contributed by atoms with Crippen LogP contribution in [0, 0.1) is 5.92 Å². The van der Waals surface area contributed by atoms with Crippen LogP contribution in [-0.2, 0) is 6.42 Å². The van der Waals surface area contributed by atoms with E-state index in [0.717, 1.165) is 47.2 Å². The van der Waals surface area contributed by atoms with Crippen LogP contribution in [0.25, 0.3) is 22.4 Å². The lowest BCUT2D eigenvalue weighted by Gasteiger charge is -2.32. The average Bonchev–Trinajstić information content (AvgIpc) is 2.91. The minimum atomic E-state index is 0.797. The van der Waals surface area contributed by atoms with Crippen molar-refractivity contribution in [3.63, 3.8) is 0 Å². The summed E-state index contributed by atoms with van der Waals surface area (Å²) in [6.45, 7) is 4.21. The van der Waals surface area contributed by atoms with Crippen LogP contribution < -0.4 is 5.32 Å². The quantitative estimate of drug-likeness (QED) is 0.381.